The van der Waals surface area contributed by atoms with Crippen LogP contribution in [0, 0.1) is 13.8 Å². The van der Waals surface area contributed by atoms with Crippen LogP contribution in [0.1, 0.15) is 52.0 Å². The number of nitrogens with zero attached hydrogens (tertiary/aromatic N) is 2. The maximum atomic E-state index is 13.2. The van der Waals surface area contributed by atoms with E-state index >= 15 is 0 Å². The van der Waals surface area contributed by atoms with Gasteiger partial charge in [0, 0.05) is 5.69 Å². The van der Waals surface area contributed by atoms with Gasteiger partial charge in [-0.25, -0.2) is 13.9 Å². The van der Waals surface area contributed by atoms with Gasteiger partial charge in [-0.1, -0.05) is 18.7 Å². The third-order valence-corrected chi connectivity index (χ3v) is 4.84. The lowest BCUT2D eigenvalue weighted by Crippen LogP contribution is -2.41. The van der Waals surface area contributed by atoms with Crippen LogP contribution >= 0.6 is 0 Å². The predicted molar refractivity (Wildman–Crippen MR) is 104 cm³/mol. The van der Waals surface area contributed by atoms with Gasteiger partial charge in [0.25, 0.3) is 0 Å². The monoisotopic (exact) mass is 366 g/mol. The van der Waals surface area contributed by atoms with Crippen LogP contribution in [0.4, 0.5) is 0 Å². The molecule has 140 valence electrons. The molecule has 0 spiro atoms. The quantitative estimate of drug-likeness (QED) is 0.412. The molecule has 1 atom stereocenters. The topological polar surface area (TPSA) is 68.0 Å². The van der Waals surface area contributed by atoms with E-state index in [4.69, 9.17) is 4.74 Å². The fourth-order valence-electron chi connectivity index (χ4n) is 3.45. The zero-order valence-electron chi connectivity index (χ0n) is 16.1. The Bertz CT molecular complexity index is 1040. The van der Waals surface area contributed by atoms with Gasteiger partial charge >= 0.3 is 5.97 Å². The molecule has 1 aromatic carbocycles. The van der Waals surface area contributed by atoms with E-state index in [1.54, 1.807) is 27.0 Å². The lowest BCUT2D eigenvalue weighted by atomic mass is 10.0. The van der Waals surface area contributed by atoms with Crippen molar-refractivity contribution in [3.63, 3.8) is 0 Å². The lowest BCUT2D eigenvalue weighted by molar-refractivity contribution is -0.679. The Morgan fingerprint density at radius 1 is 1.33 bits per heavy atom. The van der Waals surface area contributed by atoms with Crippen LogP contribution < -0.4 is 4.57 Å². The molecule has 1 N–H and O–H groups in total. The summed E-state index contributed by atoms with van der Waals surface area (Å²) in [5.41, 5.74) is 4.04. The first-order valence-electron chi connectivity index (χ1n) is 8.94. The van der Waals surface area contributed by atoms with Crippen molar-refractivity contribution < 1.29 is 18.9 Å². The summed E-state index contributed by atoms with van der Waals surface area (Å²) in [5, 5.41) is 0. The number of H-pyrrole nitrogens is 1. The lowest BCUT2D eigenvalue weighted by Gasteiger charge is -2.08. The zero-order valence-corrected chi connectivity index (χ0v) is 16.1. The average molecular weight is 366 g/mol. The van der Waals surface area contributed by atoms with Gasteiger partial charge in [0.1, 0.15) is 0 Å². The van der Waals surface area contributed by atoms with E-state index in [2.05, 4.69) is 11.6 Å². The first-order valence-corrected chi connectivity index (χ1v) is 8.94. The number of para-hydroxylation sites is 2. The molecule has 27 heavy (non-hydrogen) atoms. The molecule has 0 unspecified atom stereocenters. The van der Waals surface area contributed by atoms with Crippen LogP contribution in [-0.2, 0) is 4.74 Å². The highest BCUT2D eigenvalue weighted by Crippen LogP contribution is 2.23. The molecule has 0 saturated carbocycles. The zero-order chi connectivity index (χ0) is 19.7. The number of rotatable bonds is 6. The van der Waals surface area contributed by atoms with Crippen molar-refractivity contribution in [2.24, 2.45) is 0 Å². The first kappa shape index (κ1) is 18.6. The highest BCUT2D eigenvalue weighted by molar-refractivity contribution is 6.02. The summed E-state index contributed by atoms with van der Waals surface area (Å²) < 4.78 is 8.91. The molecule has 0 aliphatic rings. The molecular weight excluding hydrogens is 342 g/mol. The van der Waals surface area contributed by atoms with E-state index in [9.17, 15) is 9.59 Å². The number of carbonyl (C=O) groups is 2. The van der Waals surface area contributed by atoms with Crippen LogP contribution in [0.3, 0.4) is 0 Å². The molecule has 0 saturated heterocycles. The number of carbonyl (C=O) groups excluding carboxylic acids is 2. The molecule has 0 bridgehead atoms. The maximum Gasteiger partial charge on any atom is 0.340 e. The number of aryl methyl sites for hydroxylation is 1. The largest absolute Gasteiger partial charge is 0.462 e. The van der Waals surface area contributed by atoms with Gasteiger partial charge < -0.3 is 9.72 Å². The number of imidazole rings is 1. The normalized spacial score (nSPS) is 12.1. The van der Waals surface area contributed by atoms with Gasteiger partial charge in [-0.05, 0) is 45.4 Å². The van der Waals surface area contributed by atoms with Crippen molar-refractivity contribution in [1.82, 2.24) is 9.55 Å². The molecular formula is C21H24N3O3+. The Kier molecular flexibility index (Phi) is 4.99. The SMILES string of the molecule is C=Cn1c[n+]([C@@H](C)C(=O)c2[nH]c(C)c(C(=O)OCC)c2C)c2ccccc21. The maximum absolute atomic E-state index is 13.2. The Hall–Kier alpha value is -3.15. The molecule has 2 heterocycles. The summed E-state index contributed by atoms with van der Waals surface area (Å²) in [5.74, 6) is -0.505. The van der Waals surface area contributed by atoms with Gasteiger partial charge in [0.2, 0.25) is 12.1 Å². The van der Waals surface area contributed by atoms with Crippen LogP contribution in [0.15, 0.2) is 37.2 Å². The van der Waals surface area contributed by atoms with Crippen molar-refractivity contribution in [1.29, 1.82) is 0 Å². The number of benzene rings is 1. The minimum atomic E-state index is -0.456. The van der Waals surface area contributed by atoms with Crippen molar-refractivity contribution in [2.45, 2.75) is 33.7 Å². The minimum Gasteiger partial charge on any atom is -0.462 e. The molecule has 0 fully saturated rings. The van der Waals surface area contributed by atoms with E-state index in [-0.39, 0.29) is 5.78 Å². The molecule has 3 rings (SSSR count). The van der Waals surface area contributed by atoms with E-state index in [1.165, 1.54) is 0 Å². The second-order valence-corrected chi connectivity index (χ2v) is 6.49. The number of aromatic nitrogens is 3. The molecule has 2 aromatic heterocycles. The minimum absolute atomic E-state index is 0.0943. The molecule has 0 radical (unpaired) electrons. The molecule has 0 aliphatic carbocycles. The Labute approximate surface area is 158 Å². The number of nitrogens with one attached hydrogen (secondary N) is 1. The predicted octanol–water partition coefficient (Wildman–Crippen LogP) is 3.59. The summed E-state index contributed by atoms with van der Waals surface area (Å²) in [6.07, 6.45) is 3.57. The van der Waals surface area contributed by atoms with E-state index in [1.807, 2.05) is 46.7 Å². The van der Waals surface area contributed by atoms with Crippen molar-refractivity contribution in [3.05, 3.63) is 59.7 Å². The number of Topliss-reactive ketones (excluding diaryl/α,β-unsaturated/α-hetero) is 1. The van der Waals surface area contributed by atoms with Crippen molar-refractivity contribution in [3.8, 4) is 0 Å². The standard InChI is InChI=1S/C21H23N3O3/c1-6-23-12-24(17-11-9-8-10-16(17)23)15(5)20(25)19-13(3)18(14(4)22-19)21(26)27-7-2/h6,8-12,15H,1,7H2,2-5H3/p+1/t15-/m0/s1. The van der Waals surface area contributed by atoms with Crippen LogP contribution in [0.2, 0.25) is 0 Å². The Morgan fingerprint density at radius 2 is 2.04 bits per heavy atom. The average Bonchev–Trinajstić information content (AvgIpc) is 3.18. The van der Waals surface area contributed by atoms with Crippen LogP contribution in [0.5, 0.6) is 0 Å². The van der Waals surface area contributed by atoms with Gasteiger partial charge in [0.15, 0.2) is 17.1 Å². The molecule has 0 aliphatic heterocycles. The second kappa shape index (κ2) is 7.23. The van der Waals surface area contributed by atoms with E-state index in [0.717, 1.165) is 11.0 Å². The van der Waals surface area contributed by atoms with Crippen LogP contribution in [0.25, 0.3) is 17.2 Å². The highest BCUT2D eigenvalue weighted by Gasteiger charge is 2.30. The summed E-state index contributed by atoms with van der Waals surface area (Å²) >= 11 is 0. The van der Waals surface area contributed by atoms with E-state index in [0.29, 0.717) is 29.1 Å². The Balaban J connectivity index is 2.04. The molecule has 6 heteroatoms. The number of ketones is 1. The number of aromatic amines is 1. The number of esters is 1. The Morgan fingerprint density at radius 3 is 2.70 bits per heavy atom. The number of ether oxygens (including phenoxy) is 1. The van der Waals surface area contributed by atoms with Crippen molar-refractivity contribution >= 4 is 29.0 Å². The second-order valence-electron chi connectivity index (χ2n) is 6.49. The fourth-order valence-corrected chi connectivity index (χ4v) is 3.45. The smallest absolute Gasteiger partial charge is 0.340 e. The van der Waals surface area contributed by atoms with E-state index < -0.39 is 12.0 Å². The fraction of sp³-hybridized carbons (Fsp3) is 0.286. The number of hydrogen-bond acceptors (Lipinski definition) is 3. The van der Waals surface area contributed by atoms with Gasteiger partial charge in [-0.3, -0.25) is 4.79 Å². The van der Waals surface area contributed by atoms with Gasteiger partial charge in [-0.15, -0.1) is 0 Å². The van der Waals surface area contributed by atoms with Crippen LogP contribution in [-0.4, -0.2) is 27.9 Å². The number of hydrogen-bond donors (Lipinski definition) is 1. The third kappa shape index (κ3) is 3.07. The summed E-state index contributed by atoms with van der Waals surface area (Å²) in [6.45, 7) is 11.3. The van der Waals surface area contributed by atoms with Crippen molar-refractivity contribution in [2.75, 3.05) is 6.61 Å². The summed E-state index contributed by atoms with van der Waals surface area (Å²) in [7, 11) is 0. The highest BCUT2D eigenvalue weighted by atomic mass is 16.5. The first-order chi connectivity index (χ1) is 12.9. The number of fused-ring (bicyclic) bond motifs is 1. The summed E-state index contributed by atoms with van der Waals surface area (Å²) in [4.78, 5) is 28.5. The van der Waals surface area contributed by atoms with Gasteiger partial charge in [0.05, 0.1) is 24.1 Å². The molecule has 3 aromatic rings. The molecule has 0 amide bonds. The third-order valence-electron chi connectivity index (χ3n) is 4.84. The van der Waals surface area contributed by atoms with Gasteiger partial charge in [-0.2, -0.15) is 0 Å². The summed E-state index contributed by atoms with van der Waals surface area (Å²) in [6, 6.07) is 7.38. The molecule has 6 nitrogen and oxygen atoms in total.